The van der Waals surface area contributed by atoms with Crippen molar-refractivity contribution < 1.29 is 0 Å². The predicted octanol–water partition coefficient (Wildman–Crippen LogP) is 3.61. The largest absolute Gasteiger partial charge is 0.0625 e. The average molecular weight is 152 g/mol. The first kappa shape index (κ1) is 7.64. The van der Waals surface area contributed by atoms with E-state index in [1.165, 1.54) is 19.3 Å². The minimum absolute atomic E-state index is 1.04. The molecule has 0 spiro atoms. The van der Waals surface area contributed by atoms with Crippen molar-refractivity contribution in [2.45, 2.75) is 51.9 Å². The average Bonchev–Trinajstić information content (AvgIpc) is 2.04. The highest BCUT2D eigenvalue weighted by Crippen LogP contribution is 2.42. The first-order valence-corrected chi connectivity index (χ1v) is 5.36. The molecular weight excluding hydrogens is 132 g/mol. The molecule has 3 atom stereocenters. The zero-order valence-electron chi connectivity index (χ0n) is 7.68. The summed E-state index contributed by atoms with van der Waals surface area (Å²) in [6.07, 6.45) is 10.8. The van der Waals surface area contributed by atoms with Crippen LogP contribution >= 0.6 is 0 Å². The quantitative estimate of drug-likeness (QED) is 0.497. The molecule has 11 heavy (non-hydrogen) atoms. The van der Waals surface area contributed by atoms with Crippen molar-refractivity contribution in [3.05, 3.63) is 0 Å². The number of hydrogen-bond donors (Lipinski definition) is 0. The van der Waals surface area contributed by atoms with Gasteiger partial charge in [0.1, 0.15) is 0 Å². The molecule has 0 bridgehead atoms. The van der Waals surface area contributed by atoms with Gasteiger partial charge in [-0.05, 0) is 30.6 Å². The first-order chi connectivity index (χ1) is 5.36. The summed E-state index contributed by atoms with van der Waals surface area (Å²) in [6, 6.07) is 0. The van der Waals surface area contributed by atoms with E-state index in [-0.39, 0.29) is 0 Å². The lowest BCUT2D eigenvalue weighted by molar-refractivity contribution is 0.137. The second kappa shape index (κ2) is 3.16. The summed E-state index contributed by atoms with van der Waals surface area (Å²) in [5, 5.41) is 0. The van der Waals surface area contributed by atoms with E-state index in [9.17, 15) is 0 Å². The van der Waals surface area contributed by atoms with Crippen molar-refractivity contribution in [1.29, 1.82) is 0 Å². The zero-order chi connectivity index (χ0) is 7.68. The SMILES string of the molecule is C[C@@H]1CCC2CCCCC2C1. The molecule has 2 saturated carbocycles. The number of rotatable bonds is 0. The van der Waals surface area contributed by atoms with Crippen LogP contribution in [0.3, 0.4) is 0 Å². The Labute approximate surface area is 70.4 Å². The Kier molecular flexibility index (Phi) is 2.20. The summed E-state index contributed by atoms with van der Waals surface area (Å²) in [6.45, 7) is 2.44. The van der Waals surface area contributed by atoms with Gasteiger partial charge >= 0.3 is 0 Å². The van der Waals surface area contributed by atoms with Gasteiger partial charge in [0.05, 0.1) is 0 Å². The maximum absolute atomic E-state index is 2.44. The van der Waals surface area contributed by atoms with Crippen molar-refractivity contribution in [1.82, 2.24) is 0 Å². The lowest BCUT2D eigenvalue weighted by atomic mass is 9.68. The van der Waals surface area contributed by atoms with Crippen LogP contribution in [-0.2, 0) is 0 Å². The molecule has 2 fully saturated rings. The normalized spacial score (nSPS) is 45.0. The molecule has 0 aliphatic heterocycles. The van der Waals surface area contributed by atoms with Crippen LogP contribution in [0.15, 0.2) is 0 Å². The topological polar surface area (TPSA) is 0 Å². The van der Waals surface area contributed by atoms with E-state index in [0.29, 0.717) is 0 Å². The summed E-state index contributed by atoms with van der Waals surface area (Å²) in [7, 11) is 0. The van der Waals surface area contributed by atoms with Crippen LogP contribution < -0.4 is 0 Å². The molecular formula is C11H20. The van der Waals surface area contributed by atoms with Crippen LogP contribution in [0, 0.1) is 17.8 Å². The van der Waals surface area contributed by atoms with Crippen molar-refractivity contribution in [2.75, 3.05) is 0 Å². The van der Waals surface area contributed by atoms with Crippen LogP contribution in [0.1, 0.15) is 51.9 Å². The van der Waals surface area contributed by atoms with Crippen molar-refractivity contribution >= 4 is 0 Å². The molecule has 2 aliphatic carbocycles. The van der Waals surface area contributed by atoms with E-state index in [2.05, 4.69) is 6.92 Å². The second-order valence-corrected chi connectivity index (χ2v) is 4.72. The van der Waals surface area contributed by atoms with Gasteiger partial charge in [0, 0.05) is 0 Å². The summed E-state index contributed by atoms with van der Waals surface area (Å²) >= 11 is 0. The maximum atomic E-state index is 2.44. The molecule has 0 aromatic carbocycles. The highest BCUT2D eigenvalue weighted by Gasteiger charge is 2.29. The van der Waals surface area contributed by atoms with Gasteiger partial charge in [0.25, 0.3) is 0 Å². The smallest absolute Gasteiger partial charge is 0.0383 e. The van der Waals surface area contributed by atoms with Crippen molar-refractivity contribution in [3.63, 3.8) is 0 Å². The molecule has 0 nitrogen and oxygen atoms in total. The maximum Gasteiger partial charge on any atom is -0.0383 e. The third-order valence-electron chi connectivity index (χ3n) is 3.80. The molecule has 0 heterocycles. The Bertz CT molecular complexity index is 128. The van der Waals surface area contributed by atoms with Crippen molar-refractivity contribution in [2.24, 2.45) is 17.8 Å². The summed E-state index contributed by atoms with van der Waals surface area (Å²) in [4.78, 5) is 0. The fourth-order valence-corrected chi connectivity index (χ4v) is 3.11. The summed E-state index contributed by atoms with van der Waals surface area (Å²) in [5.74, 6) is 3.31. The predicted molar refractivity (Wildman–Crippen MR) is 48.5 cm³/mol. The monoisotopic (exact) mass is 152 g/mol. The highest BCUT2D eigenvalue weighted by molar-refractivity contribution is 4.81. The number of fused-ring (bicyclic) bond motifs is 1. The van der Waals surface area contributed by atoms with E-state index in [4.69, 9.17) is 0 Å². The van der Waals surface area contributed by atoms with Crippen molar-refractivity contribution in [3.8, 4) is 0 Å². The van der Waals surface area contributed by atoms with Gasteiger partial charge in [0.2, 0.25) is 0 Å². The third kappa shape index (κ3) is 1.60. The zero-order valence-corrected chi connectivity index (χ0v) is 7.68. The van der Waals surface area contributed by atoms with Crippen LogP contribution in [0.5, 0.6) is 0 Å². The highest BCUT2D eigenvalue weighted by atomic mass is 14.4. The molecule has 2 aliphatic rings. The van der Waals surface area contributed by atoms with Crippen LogP contribution in [0.4, 0.5) is 0 Å². The van der Waals surface area contributed by atoms with Gasteiger partial charge in [0.15, 0.2) is 0 Å². The minimum atomic E-state index is 1.04. The summed E-state index contributed by atoms with van der Waals surface area (Å²) < 4.78 is 0. The Hall–Kier alpha value is 0. The van der Waals surface area contributed by atoms with E-state index < -0.39 is 0 Å². The molecule has 0 aromatic rings. The molecule has 2 rings (SSSR count). The van der Waals surface area contributed by atoms with E-state index >= 15 is 0 Å². The van der Waals surface area contributed by atoms with E-state index in [0.717, 1.165) is 17.8 Å². The molecule has 0 radical (unpaired) electrons. The molecule has 0 saturated heterocycles. The van der Waals surface area contributed by atoms with Crippen LogP contribution in [0.2, 0.25) is 0 Å². The van der Waals surface area contributed by atoms with E-state index in [1.807, 2.05) is 0 Å². The Morgan fingerprint density at radius 1 is 0.818 bits per heavy atom. The second-order valence-electron chi connectivity index (χ2n) is 4.72. The van der Waals surface area contributed by atoms with E-state index in [1.54, 1.807) is 25.7 Å². The lowest BCUT2D eigenvalue weighted by Gasteiger charge is -2.38. The first-order valence-electron chi connectivity index (χ1n) is 5.36. The Balaban J connectivity index is 1.93. The Morgan fingerprint density at radius 3 is 2.36 bits per heavy atom. The Morgan fingerprint density at radius 2 is 1.55 bits per heavy atom. The number of hydrogen-bond acceptors (Lipinski definition) is 0. The minimum Gasteiger partial charge on any atom is -0.0625 e. The summed E-state index contributed by atoms with van der Waals surface area (Å²) in [5.41, 5.74) is 0. The van der Waals surface area contributed by atoms with Gasteiger partial charge in [-0.25, -0.2) is 0 Å². The molecule has 64 valence electrons. The van der Waals surface area contributed by atoms with Crippen LogP contribution in [0.25, 0.3) is 0 Å². The standard InChI is InChI=1S/C11H20/c1-9-6-7-10-4-2-3-5-11(10)8-9/h9-11H,2-8H2,1H3/t9-,10?,11?/m1/s1. The molecule has 2 unspecified atom stereocenters. The molecule has 0 amide bonds. The van der Waals surface area contributed by atoms with Gasteiger partial charge in [-0.2, -0.15) is 0 Å². The van der Waals surface area contributed by atoms with Crippen LogP contribution in [-0.4, -0.2) is 0 Å². The molecule has 0 aromatic heterocycles. The molecule has 0 N–H and O–H groups in total. The van der Waals surface area contributed by atoms with Gasteiger partial charge in [-0.1, -0.05) is 39.0 Å². The molecule has 0 heteroatoms. The lowest BCUT2D eigenvalue weighted by Crippen LogP contribution is -2.26. The third-order valence-corrected chi connectivity index (χ3v) is 3.80. The van der Waals surface area contributed by atoms with Gasteiger partial charge in [-0.15, -0.1) is 0 Å². The van der Waals surface area contributed by atoms with Gasteiger partial charge in [-0.3, -0.25) is 0 Å². The fraction of sp³-hybridized carbons (Fsp3) is 1.00. The van der Waals surface area contributed by atoms with Gasteiger partial charge < -0.3 is 0 Å². The fourth-order valence-electron chi connectivity index (χ4n) is 3.11.